The van der Waals surface area contributed by atoms with Crippen molar-refractivity contribution in [3.63, 3.8) is 0 Å². The Morgan fingerprint density at radius 3 is 2.20 bits per heavy atom. The number of para-hydroxylation sites is 1. The Balaban J connectivity index is 2.29. The van der Waals surface area contributed by atoms with E-state index in [-0.39, 0.29) is 5.54 Å². The molecular formula is C18H18ClN. The number of hydrogen-bond donors (Lipinski definition) is 0. The molecule has 0 aliphatic rings. The summed E-state index contributed by atoms with van der Waals surface area (Å²) < 4.78 is 2.34. The van der Waals surface area contributed by atoms with Crippen LogP contribution in [0.4, 0.5) is 0 Å². The predicted molar refractivity (Wildman–Crippen MR) is 87.4 cm³/mol. The van der Waals surface area contributed by atoms with Crippen LogP contribution in [0.3, 0.4) is 0 Å². The first-order valence-electron chi connectivity index (χ1n) is 6.83. The SMILES string of the molecule is CC(C)(C)n1cc(-c2ccc(Cl)cc2)c2ccccc21. The number of hydrogen-bond acceptors (Lipinski definition) is 0. The Labute approximate surface area is 124 Å². The predicted octanol–water partition coefficient (Wildman–Crippen LogP) is 5.72. The van der Waals surface area contributed by atoms with Crippen molar-refractivity contribution in [1.29, 1.82) is 0 Å². The zero-order chi connectivity index (χ0) is 14.3. The largest absolute Gasteiger partial charge is 0.342 e. The fourth-order valence-corrected chi connectivity index (χ4v) is 2.72. The molecule has 2 heteroatoms. The summed E-state index contributed by atoms with van der Waals surface area (Å²) in [5.41, 5.74) is 3.79. The van der Waals surface area contributed by atoms with E-state index >= 15 is 0 Å². The molecule has 0 radical (unpaired) electrons. The highest BCUT2D eigenvalue weighted by Gasteiger charge is 2.18. The average molecular weight is 284 g/mol. The van der Waals surface area contributed by atoms with E-state index in [0.717, 1.165) is 5.02 Å². The van der Waals surface area contributed by atoms with Gasteiger partial charge in [-0.15, -0.1) is 0 Å². The summed E-state index contributed by atoms with van der Waals surface area (Å²) in [6, 6.07) is 16.6. The quantitative estimate of drug-likeness (QED) is 0.538. The van der Waals surface area contributed by atoms with E-state index in [2.05, 4.69) is 67.9 Å². The zero-order valence-electron chi connectivity index (χ0n) is 12.0. The second-order valence-electron chi connectivity index (χ2n) is 6.11. The molecule has 0 saturated carbocycles. The molecule has 20 heavy (non-hydrogen) atoms. The third-order valence-electron chi connectivity index (χ3n) is 3.59. The molecule has 0 atom stereocenters. The molecule has 0 aliphatic heterocycles. The van der Waals surface area contributed by atoms with Crippen LogP contribution in [0.15, 0.2) is 54.7 Å². The number of nitrogens with zero attached hydrogens (tertiary/aromatic N) is 1. The smallest absolute Gasteiger partial charge is 0.0491 e. The van der Waals surface area contributed by atoms with E-state index in [1.54, 1.807) is 0 Å². The van der Waals surface area contributed by atoms with E-state index in [1.165, 1.54) is 22.0 Å². The standard InChI is InChI=1S/C18H18ClN/c1-18(2,3)20-12-16(13-8-10-14(19)11-9-13)15-6-4-5-7-17(15)20/h4-12H,1-3H3. The number of halogens is 1. The lowest BCUT2D eigenvalue weighted by atomic mass is 10.1. The molecule has 2 aromatic carbocycles. The fraction of sp³-hybridized carbons (Fsp3) is 0.222. The molecule has 0 amide bonds. The minimum atomic E-state index is 0.0598. The van der Waals surface area contributed by atoms with Crippen LogP contribution in [-0.4, -0.2) is 4.57 Å². The fourth-order valence-electron chi connectivity index (χ4n) is 2.59. The Kier molecular flexibility index (Phi) is 3.10. The third kappa shape index (κ3) is 2.23. The summed E-state index contributed by atoms with van der Waals surface area (Å²) in [6.45, 7) is 6.68. The van der Waals surface area contributed by atoms with Crippen LogP contribution >= 0.6 is 11.6 Å². The van der Waals surface area contributed by atoms with Crippen molar-refractivity contribution in [2.45, 2.75) is 26.3 Å². The summed E-state index contributed by atoms with van der Waals surface area (Å²) in [4.78, 5) is 0. The van der Waals surface area contributed by atoms with Crippen molar-refractivity contribution in [3.8, 4) is 11.1 Å². The molecule has 0 bridgehead atoms. The number of fused-ring (bicyclic) bond motifs is 1. The van der Waals surface area contributed by atoms with Gasteiger partial charge in [-0.2, -0.15) is 0 Å². The van der Waals surface area contributed by atoms with Crippen molar-refractivity contribution in [3.05, 3.63) is 59.8 Å². The maximum atomic E-state index is 5.99. The minimum Gasteiger partial charge on any atom is -0.342 e. The molecule has 3 aromatic rings. The Morgan fingerprint density at radius 2 is 1.55 bits per heavy atom. The van der Waals surface area contributed by atoms with Crippen LogP contribution in [-0.2, 0) is 5.54 Å². The van der Waals surface area contributed by atoms with Crippen molar-refractivity contribution >= 4 is 22.5 Å². The maximum Gasteiger partial charge on any atom is 0.0491 e. The van der Waals surface area contributed by atoms with Gasteiger partial charge in [-0.25, -0.2) is 0 Å². The number of benzene rings is 2. The van der Waals surface area contributed by atoms with Gasteiger partial charge in [0.2, 0.25) is 0 Å². The summed E-state index contributed by atoms with van der Waals surface area (Å²) in [7, 11) is 0. The second-order valence-corrected chi connectivity index (χ2v) is 6.54. The van der Waals surface area contributed by atoms with Gasteiger partial charge in [-0.1, -0.05) is 41.9 Å². The normalized spacial score (nSPS) is 12.0. The monoisotopic (exact) mass is 283 g/mol. The molecule has 1 aromatic heterocycles. The summed E-state index contributed by atoms with van der Waals surface area (Å²) in [5, 5.41) is 2.05. The summed E-state index contributed by atoms with van der Waals surface area (Å²) in [6.07, 6.45) is 2.24. The Bertz CT molecular complexity index is 745. The maximum absolute atomic E-state index is 5.99. The third-order valence-corrected chi connectivity index (χ3v) is 3.84. The van der Waals surface area contributed by atoms with Gasteiger partial charge in [0.05, 0.1) is 0 Å². The van der Waals surface area contributed by atoms with Crippen molar-refractivity contribution in [2.75, 3.05) is 0 Å². The molecule has 1 heterocycles. The second kappa shape index (κ2) is 4.68. The van der Waals surface area contributed by atoms with Gasteiger partial charge in [0.25, 0.3) is 0 Å². The molecule has 0 aliphatic carbocycles. The van der Waals surface area contributed by atoms with Crippen molar-refractivity contribution in [1.82, 2.24) is 4.57 Å². The lowest BCUT2D eigenvalue weighted by Crippen LogP contribution is -2.20. The molecule has 102 valence electrons. The zero-order valence-corrected chi connectivity index (χ0v) is 12.8. The van der Waals surface area contributed by atoms with Crippen molar-refractivity contribution < 1.29 is 0 Å². The van der Waals surface area contributed by atoms with Crippen molar-refractivity contribution in [2.24, 2.45) is 0 Å². The molecule has 3 rings (SSSR count). The van der Waals surface area contributed by atoms with E-state index in [4.69, 9.17) is 11.6 Å². The van der Waals surface area contributed by atoms with Crippen LogP contribution in [0.25, 0.3) is 22.0 Å². The lowest BCUT2D eigenvalue weighted by Gasteiger charge is -2.22. The average Bonchev–Trinajstić information content (AvgIpc) is 2.79. The van der Waals surface area contributed by atoms with Gasteiger partial charge < -0.3 is 4.57 Å². The van der Waals surface area contributed by atoms with Crippen LogP contribution in [0.1, 0.15) is 20.8 Å². The van der Waals surface area contributed by atoms with Gasteiger partial charge in [-0.3, -0.25) is 0 Å². The van der Waals surface area contributed by atoms with Gasteiger partial charge in [0, 0.05) is 33.2 Å². The number of rotatable bonds is 1. The molecular weight excluding hydrogens is 266 g/mol. The molecule has 0 saturated heterocycles. The van der Waals surface area contributed by atoms with Gasteiger partial charge in [0.1, 0.15) is 0 Å². The topological polar surface area (TPSA) is 4.93 Å². The van der Waals surface area contributed by atoms with Gasteiger partial charge in [-0.05, 0) is 44.5 Å². The molecule has 1 nitrogen and oxygen atoms in total. The summed E-state index contributed by atoms with van der Waals surface area (Å²) >= 11 is 5.99. The van der Waals surface area contributed by atoms with Gasteiger partial charge in [0.15, 0.2) is 0 Å². The summed E-state index contributed by atoms with van der Waals surface area (Å²) in [5.74, 6) is 0. The Hall–Kier alpha value is -1.73. The van der Waals surface area contributed by atoms with E-state index in [1.807, 2.05) is 12.1 Å². The van der Waals surface area contributed by atoms with E-state index in [9.17, 15) is 0 Å². The molecule has 0 N–H and O–H groups in total. The Morgan fingerprint density at radius 1 is 0.900 bits per heavy atom. The van der Waals surface area contributed by atoms with E-state index < -0.39 is 0 Å². The van der Waals surface area contributed by atoms with Crippen LogP contribution in [0.5, 0.6) is 0 Å². The highest BCUT2D eigenvalue weighted by atomic mass is 35.5. The molecule has 0 spiro atoms. The highest BCUT2D eigenvalue weighted by Crippen LogP contribution is 2.34. The van der Waals surface area contributed by atoms with Crippen LogP contribution < -0.4 is 0 Å². The molecule has 0 unspecified atom stereocenters. The first-order chi connectivity index (χ1) is 9.47. The van der Waals surface area contributed by atoms with Crippen LogP contribution in [0, 0.1) is 0 Å². The van der Waals surface area contributed by atoms with E-state index in [0.29, 0.717) is 0 Å². The van der Waals surface area contributed by atoms with Gasteiger partial charge >= 0.3 is 0 Å². The first-order valence-corrected chi connectivity index (χ1v) is 7.21. The minimum absolute atomic E-state index is 0.0598. The van der Waals surface area contributed by atoms with Crippen LogP contribution in [0.2, 0.25) is 5.02 Å². The highest BCUT2D eigenvalue weighted by molar-refractivity contribution is 6.30. The molecule has 0 fully saturated rings. The first kappa shape index (κ1) is 13.3. The lowest BCUT2D eigenvalue weighted by molar-refractivity contribution is 0.411. The number of aromatic nitrogens is 1.